The zero-order chi connectivity index (χ0) is 20.5. The fourth-order valence-electron chi connectivity index (χ4n) is 5.54. The van der Waals surface area contributed by atoms with Gasteiger partial charge in [-0.25, -0.2) is 0 Å². The predicted molar refractivity (Wildman–Crippen MR) is 108 cm³/mol. The van der Waals surface area contributed by atoms with E-state index in [-0.39, 0.29) is 29.7 Å². The highest BCUT2D eigenvalue weighted by Gasteiger charge is 2.47. The van der Waals surface area contributed by atoms with Crippen LogP contribution in [0.4, 0.5) is 5.69 Å². The predicted octanol–water partition coefficient (Wildman–Crippen LogP) is 1.51. The maximum absolute atomic E-state index is 12.9. The lowest BCUT2D eigenvalue weighted by atomic mass is 10.0. The van der Waals surface area contributed by atoms with E-state index in [1.54, 1.807) is 4.90 Å². The Morgan fingerprint density at radius 2 is 1.83 bits per heavy atom. The third-order valence-electron chi connectivity index (χ3n) is 6.94. The van der Waals surface area contributed by atoms with Crippen molar-refractivity contribution in [2.24, 2.45) is 0 Å². The summed E-state index contributed by atoms with van der Waals surface area (Å²) < 4.78 is 0. The van der Waals surface area contributed by atoms with E-state index in [0.29, 0.717) is 30.6 Å². The average molecular weight is 396 g/mol. The molecular weight excluding hydrogens is 368 g/mol. The van der Waals surface area contributed by atoms with Crippen molar-refractivity contribution in [2.75, 3.05) is 18.0 Å². The van der Waals surface area contributed by atoms with E-state index < -0.39 is 6.04 Å². The Bertz CT molecular complexity index is 906. The van der Waals surface area contributed by atoms with Gasteiger partial charge in [0.05, 0.1) is 0 Å². The molecule has 154 valence electrons. The quantitative estimate of drug-likeness (QED) is 0.768. The van der Waals surface area contributed by atoms with Crippen LogP contribution in [0.15, 0.2) is 18.2 Å². The van der Waals surface area contributed by atoms with Crippen molar-refractivity contribution < 1.29 is 14.4 Å². The van der Waals surface area contributed by atoms with Crippen molar-refractivity contribution in [3.05, 3.63) is 29.3 Å². The number of carbonyl (C=O) groups is 3. The maximum atomic E-state index is 12.9. The normalized spacial score (nSPS) is 29.6. The molecule has 3 saturated heterocycles. The van der Waals surface area contributed by atoms with E-state index in [1.807, 2.05) is 12.1 Å². The summed E-state index contributed by atoms with van der Waals surface area (Å²) >= 11 is 0. The van der Waals surface area contributed by atoms with Gasteiger partial charge in [-0.2, -0.15) is 0 Å². The van der Waals surface area contributed by atoms with Crippen LogP contribution in [0.2, 0.25) is 0 Å². The lowest BCUT2D eigenvalue weighted by molar-refractivity contribution is -0.136. The molecule has 4 aliphatic rings. The van der Waals surface area contributed by atoms with E-state index in [0.717, 1.165) is 18.7 Å². The first kappa shape index (κ1) is 18.6. The smallest absolute Gasteiger partial charge is 0.255 e. The number of benzene rings is 1. The zero-order valence-electron chi connectivity index (χ0n) is 17.3. The van der Waals surface area contributed by atoms with Crippen molar-refractivity contribution >= 4 is 23.4 Å². The number of carbonyl (C=O) groups excluding carboxylic acids is 3. The molecule has 0 spiro atoms. The minimum absolute atomic E-state index is 0.108. The molecule has 7 heteroatoms. The molecule has 2 bridgehead atoms. The van der Waals surface area contributed by atoms with Gasteiger partial charge in [-0.1, -0.05) is 0 Å². The number of likely N-dealkylation sites (tertiary alicyclic amines) is 1. The van der Waals surface area contributed by atoms with Crippen LogP contribution < -0.4 is 10.2 Å². The molecule has 1 aromatic rings. The third-order valence-corrected chi connectivity index (χ3v) is 6.94. The number of piperidine rings is 1. The summed E-state index contributed by atoms with van der Waals surface area (Å²) in [6, 6.07) is 6.62. The number of amides is 3. The van der Waals surface area contributed by atoms with Gasteiger partial charge in [0.25, 0.3) is 5.91 Å². The van der Waals surface area contributed by atoms with Crippen LogP contribution in [0.1, 0.15) is 56.0 Å². The second-order valence-corrected chi connectivity index (χ2v) is 9.76. The molecule has 5 rings (SSSR count). The molecule has 0 aliphatic carbocycles. The summed E-state index contributed by atoms with van der Waals surface area (Å²) in [6.45, 7) is 9.37. The van der Waals surface area contributed by atoms with Gasteiger partial charge in [-0.15, -0.1) is 0 Å². The molecule has 3 atom stereocenters. The molecule has 4 heterocycles. The van der Waals surface area contributed by atoms with Gasteiger partial charge in [0.1, 0.15) is 6.04 Å². The molecule has 1 aromatic carbocycles. The van der Waals surface area contributed by atoms with Gasteiger partial charge >= 0.3 is 0 Å². The third kappa shape index (κ3) is 2.94. The Kier molecular flexibility index (Phi) is 4.04. The van der Waals surface area contributed by atoms with Crippen molar-refractivity contribution in [3.8, 4) is 0 Å². The van der Waals surface area contributed by atoms with Crippen LogP contribution in [0.25, 0.3) is 0 Å². The number of hydrogen-bond donors (Lipinski definition) is 1. The first-order valence-electron chi connectivity index (χ1n) is 10.5. The van der Waals surface area contributed by atoms with E-state index in [9.17, 15) is 14.4 Å². The second kappa shape index (κ2) is 6.29. The summed E-state index contributed by atoms with van der Waals surface area (Å²) in [4.78, 5) is 43.2. The van der Waals surface area contributed by atoms with Gasteiger partial charge in [0, 0.05) is 54.9 Å². The minimum atomic E-state index is -0.556. The van der Waals surface area contributed by atoms with E-state index in [2.05, 4.69) is 42.0 Å². The Morgan fingerprint density at radius 3 is 2.48 bits per heavy atom. The lowest BCUT2D eigenvalue weighted by Crippen LogP contribution is -2.53. The Labute approximate surface area is 171 Å². The first-order chi connectivity index (χ1) is 13.7. The number of fused-ring (bicyclic) bond motifs is 3. The van der Waals surface area contributed by atoms with Crippen molar-refractivity contribution in [1.82, 2.24) is 15.1 Å². The van der Waals surface area contributed by atoms with Gasteiger partial charge in [0.15, 0.2) is 0 Å². The number of hydrogen-bond acceptors (Lipinski definition) is 5. The standard InChI is InChI=1S/C22H28N4O3/c1-22(2,3)26-12-15-9-16(26)11-24(15)14-4-5-17-13(8-14)10-25(21(17)29)18-6-7-19(27)23-20(18)28/h4-5,8,15-16,18H,6-7,9-12H2,1-3H3,(H,23,27,28)/t15-,16-,18-/m1/s1. The Hall–Kier alpha value is -2.41. The SMILES string of the molecule is CC(C)(C)N1C[C@H]2C[C@@H]1CN2c1ccc2c(c1)CN([C@@H]1CCC(=O)NC1=O)C2=O. The molecule has 7 nitrogen and oxygen atoms in total. The molecule has 0 aromatic heterocycles. The molecule has 3 fully saturated rings. The zero-order valence-corrected chi connectivity index (χ0v) is 17.3. The molecule has 0 radical (unpaired) electrons. The molecule has 29 heavy (non-hydrogen) atoms. The van der Waals surface area contributed by atoms with E-state index in [4.69, 9.17) is 0 Å². The number of nitrogens with one attached hydrogen (secondary N) is 1. The van der Waals surface area contributed by atoms with Crippen molar-refractivity contribution in [2.45, 2.75) is 70.2 Å². The fraction of sp³-hybridized carbons (Fsp3) is 0.591. The van der Waals surface area contributed by atoms with Crippen LogP contribution >= 0.6 is 0 Å². The highest BCUT2D eigenvalue weighted by molar-refractivity contribution is 6.05. The van der Waals surface area contributed by atoms with Crippen LogP contribution in [-0.2, 0) is 16.1 Å². The fourth-order valence-corrected chi connectivity index (χ4v) is 5.54. The van der Waals surface area contributed by atoms with Gasteiger partial charge in [-0.05, 0) is 57.4 Å². The Morgan fingerprint density at radius 1 is 1.03 bits per heavy atom. The van der Waals surface area contributed by atoms with Crippen LogP contribution in [0, 0.1) is 0 Å². The number of imide groups is 1. The average Bonchev–Trinajstić information content (AvgIpc) is 3.34. The van der Waals surface area contributed by atoms with Crippen LogP contribution in [0.3, 0.4) is 0 Å². The molecular formula is C22H28N4O3. The highest BCUT2D eigenvalue weighted by Crippen LogP contribution is 2.39. The largest absolute Gasteiger partial charge is 0.366 e. The topological polar surface area (TPSA) is 73.0 Å². The number of piperazine rings is 1. The van der Waals surface area contributed by atoms with E-state index >= 15 is 0 Å². The number of rotatable bonds is 2. The molecule has 4 aliphatic heterocycles. The van der Waals surface area contributed by atoms with E-state index in [1.165, 1.54) is 12.1 Å². The molecule has 1 N–H and O–H groups in total. The summed E-state index contributed by atoms with van der Waals surface area (Å²) in [5, 5.41) is 2.36. The second-order valence-electron chi connectivity index (χ2n) is 9.76. The molecule has 3 amide bonds. The summed E-state index contributed by atoms with van der Waals surface area (Å²) in [6.07, 6.45) is 1.87. The van der Waals surface area contributed by atoms with Gasteiger partial charge in [0.2, 0.25) is 11.8 Å². The van der Waals surface area contributed by atoms with Crippen LogP contribution in [0.5, 0.6) is 0 Å². The minimum Gasteiger partial charge on any atom is -0.366 e. The highest BCUT2D eigenvalue weighted by atomic mass is 16.2. The summed E-state index contributed by atoms with van der Waals surface area (Å²) in [5.74, 6) is -0.726. The molecule has 0 unspecified atom stereocenters. The van der Waals surface area contributed by atoms with Gasteiger partial charge in [-0.3, -0.25) is 24.6 Å². The van der Waals surface area contributed by atoms with Crippen molar-refractivity contribution in [3.63, 3.8) is 0 Å². The summed E-state index contributed by atoms with van der Waals surface area (Å²) in [5.41, 5.74) is 3.02. The maximum Gasteiger partial charge on any atom is 0.255 e. The summed E-state index contributed by atoms with van der Waals surface area (Å²) in [7, 11) is 0. The number of nitrogens with zero attached hydrogens (tertiary/aromatic N) is 3. The first-order valence-corrected chi connectivity index (χ1v) is 10.5. The molecule has 0 saturated carbocycles. The van der Waals surface area contributed by atoms with Gasteiger partial charge < -0.3 is 9.80 Å². The Balaban J connectivity index is 1.34. The number of anilines is 1. The monoisotopic (exact) mass is 396 g/mol. The lowest BCUT2D eigenvalue weighted by Gasteiger charge is -2.42. The van der Waals surface area contributed by atoms with Crippen LogP contribution in [-0.4, -0.2) is 64.3 Å². The van der Waals surface area contributed by atoms with Crippen molar-refractivity contribution in [1.29, 1.82) is 0 Å².